The third-order valence-corrected chi connectivity index (χ3v) is 7.58. The smallest absolute Gasteiger partial charge is 0.259 e. The van der Waals surface area contributed by atoms with E-state index in [0.717, 1.165) is 17.2 Å². The van der Waals surface area contributed by atoms with E-state index in [9.17, 15) is 0 Å². The van der Waals surface area contributed by atoms with Gasteiger partial charge in [0.25, 0.3) is 11.0 Å². The number of benzene rings is 1. The predicted molar refractivity (Wildman–Crippen MR) is 80.2 cm³/mol. The molecule has 20 heavy (non-hydrogen) atoms. The fourth-order valence-electron chi connectivity index (χ4n) is 2.51. The van der Waals surface area contributed by atoms with Crippen molar-refractivity contribution in [1.29, 1.82) is 0 Å². The van der Waals surface area contributed by atoms with Crippen molar-refractivity contribution >= 4 is 23.6 Å². The van der Waals surface area contributed by atoms with Crippen LogP contribution in [0.3, 0.4) is 0 Å². The van der Waals surface area contributed by atoms with Gasteiger partial charge in [-0.15, -0.1) is 0 Å². The Morgan fingerprint density at radius 3 is 1.75 bits per heavy atom. The van der Waals surface area contributed by atoms with E-state index in [1.54, 1.807) is 12.5 Å². The molecule has 0 aliphatic rings. The summed E-state index contributed by atoms with van der Waals surface area (Å²) in [5.41, 5.74) is 2.05. The van der Waals surface area contributed by atoms with Crippen molar-refractivity contribution in [3.05, 3.63) is 67.1 Å². The molecule has 0 N–H and O–H groups in total. The van der Waals surface area contributed by atoms with Crippen molar-refractivity contribution in [3.63, 3.8) is 0 Å². The second-order valence-corrected chi connectivity index (χ2v) is 8.01. The van der Waals surface area contributed by atoms with Crippen molar-refractivity contribution in [2.75, 3.05) is 6.16 Å². The Bertz CT molecular complexity index is 584. The third kappa shape index (κ3) is 2.45. The van der Waals surface area contributed by atoms with Crippen molar-refractivity contribution in [2.24, 2.45) is 0 Å². The summed E-state index contributed by atoms with van der Waals surface area (Å²) in [6, 6.07) is 18.6. The minimum Gasteiger partial charge on any atom is -1.00 e. The topological polar surface area (TPSA) is 26.3 Å². The number of rotatable bonds is 4. The lowest BCUT2D eigenvalue weighted by Crippen LogP contribution is -3.00. The van der Waals surface area contributed by atoms with E-state index in [0.29, 0.717) is 0 Å². The average molecular weight is 398 g/mol. The van der Waals surface area contributed by atoms with Crippen molar-refractivity contribution in [2.45, 2.75) is 6.92 Å². The molecule has 0 saturated heterocycles. The normalized spacial score (nSPS) is 11.1. The van der Waals surface area contributed by atoms with Crippen LogP contribution in [0.5, 0.6) is 0 Å². The summed E-state index contributed by atoms with van der Waals surface area (Å²) in [6.45, 7) is 2.20. The Morgan fingerprint density at radius 1 is 0.800 bits per heavy atom. The maximum atomic E-state index is 5.76. The molecule has 4 heteroatoms. The Balaban J connectivity index is 0.00000147. The predicted octanol–water partition coefficient (Wildman–Crippen LogP) is 0.190. The van der Waals surface area contributed by atoms with Gasteiger partial charge in [0.2, 0.25) is 0 Å². The molecule has 0 radical (unpaired) electrons. The minimum absolute atomic E-state index is 0. The number of hydrogen-bond acceptors (Lipinski definition) is 2. The first kappa shape index (κ1) is 15.3. The highest BCUT2D eigenvalue weighted by Crippen LogP contribution is 2.54. The maximum absolute atomic E-state index is 5.76. The lowest BCUT2D eigenvalue weighted by atomic mass is 10.4. The van der Waals surface area contributed by atoms with E-state index in [4.69, 9.17) is 8.83 Å². The van der Waals surface area contributed by atoms with E-state index in [1.165, 1.54) is 5.30 Å². The first-order chi connectivity index (χ1) is 9.38. The second kappa shape index (κ2) is 6.59. The van der Waals surface area contributed by atoms with Gasteiger partial charge in [0.1, 0.15) is 5.30 Å². The molecule has 2 heterocycles. The van der Waals surface area contributed by atoms with Gasteiger partial charge in [-0.1, -0.05) is 18.2 Å². The van der Waals surface area contributed by atoms with Crippen molar-refractivity contribution < 1.29 is 32.8 Å². The molecule has 0 fully saturated rings. The van der Waals surface area contributed by atoms with E-state index in [-0.39, 0.29) is 24.0 Å². The summed E-state index contributed by atoms with van der Waals surface area (Å²) in [4.78, 5) is 0. The molecule has 2 nitrogen and oxygen atoms in total. The third-order valence-electron chi connectivity index (χ3n) is 3.44. The Hall–Kier alpha value is -1.06. The molecular formula is C16H16IO2P. The largest absolute Gasteiger partial charge is 1.00 e. The highest BCUT2D eigenvalue weighted by molar-refractivity contribution is 7.95. The zero-order valence-electron chi connectivity index (χ0n) is 11.2. The SMILES string of the molecule is CC[P+](c1ccccc1)(c1ccco1)c1ccco1.[I-]. The summed E-state index contributed by atoms with van der Waals surface area (Å²) in [6.07, 6.45) is 4.47. The molecule has 0 saturated carbocycles. The maximum Gasteiger partial charge on any atom is 0.259 e. The average Bonchev–Trinajstić information content (AvgIpc) is 3.15. The van der Waals surface area contributed by atoms with Crippen LogP contribution >= 0.6 is 7.26 Å². The zero-order valence-corrected chi connectivity index (χ0v) is 14.3. The van der Waals surface area contributed by atoms with E-state index >= 15 is 0 Å². The minimum atomic E-state index is -1.77. The Morgan fingerprint density at radius 2 is 1.35 bits per heavy atom. The van der Waals surface area contributed by atoms with Crippen LogP contribution in [0.4, 0.5) is 0 Å². The van der Waals surface area contributed by atoms with Gasteiger partial charge in [-0.05, 0) is 31.2 Å². The van der Waals surface area contributed by atoms with Gasteiger partial charge in [-0.3, -0.25) is 0 Å². The van der Waals surface area contributed by atoms with Gasteiger partial charge in [-0.2, -0.15) is 0 Å². The molecule has 2 aromatic heterocycles. The summed E-state index contributed by atoms with van der Waals surface area (Å²) in [5.74, 6) is 0. The van der Waals surface area contributed by atoms with Crippen LogP contribution in [0, 0.1) is 0 Å². The monoisotopic (exact) mass is 398 g/mol. The number of furan rings is 2. The van der Waals surface area contributed by atoms with E-state index in [2.05, 4.69) is 43.3 Å². The van der Waals surface area contributed by atoms with Gasteiger partial charge < -0.3 is 32.8 Å². The van der Waals surface area contributed by atoms with Crippen LogP contribution in [0.2, 0.25) is 0 Å². The highest BCUT2D eigenvalue weighted by Gasteiger charge is 2.49. The van der Waals surface area contributed by atoms with Crippen LogP contribution in [-0.4, -0.2) is 6.16 Å². The van der Waals surface area contributed by atoms with E-state index < -0.39 is 7.26 Å². The van der Waals surface area contributed by atoms with Crippen LogP contribution in [0.25, 0.3) is 0 Å². The second-order valence-electron chi connectivity index (χ2n) is 4.36. The summed E-state index contributed by atoms with van der Waals surface area (Å²) >= 11 is 0. The van der Waals surface area contributed by atoms with Gasteiger partial charge in [0.15, 0.2) is 7.26 Å². The number of halogens is 1. The molecule has 3 aromatic rings. The number of hydrogen-bond donors (Lipinski definition) is 0. The molecule has 3 rings (SSSR count). The molecular weight excluding hydrogens is 382 g/mol. The van der Waals surface area contributed by atoms with Gasteiger partial charge in [0.05, 0.1) is 18.7 Å². The molecule has 104 valence electrons. The molecule has 0 atom stereocenters. The molecule has 1 aromatic carbocycles. The summed E-state index contributed by atoms with van der Waals surface area (Å²) in [7, 11) is -1.77. The van der Waals surface area contributed by atoms with E-state index in [1.807, 2.05) is 18.2 Å². The molecule has 0 aliphatic carbocycles. The molecule has 0 unspecified atom stereocenters. The van der Waals surface area contributed by atoms with Crippen LogP contribution < -0.4 is 40.3 Å². The Kier molecular flexibility index (Phi) is 5.06. The lowest BCUT2D eigenvalue weighted by molar-refractivity contribution is -0.00000459. The van der Waals surface area contributed by atoms with Gasteiger partial charge >= 0.3 is 0 Å². The fourth-order valence-corrected chi connectivity index (χ4v) is 6.07. The quantitative estimate of drug-likeness (QED) is 0.464. The van der Waals surface area contributed by atoms with Crippen LogP contribution in [-0.2, 0) is 0 Å². The zero-order chi connectivity index (χ0) is 13.1. The van der Waals surface area contributed by atoms with Crippen molar-refractivity contribution in [1.82, 2.24) is 0 Å². The summed E-state index contributed by atoms with van der Waals surface area (Å²) < 4.78 is 11.5. The van der Waals surface area contributed by atoms with Gasteiger partial charge in [0, 0.05) is 12.1 Å². The first-order valence-corrected chi connectivity index (χ1v) is 8.37. The molecule has 0 aliphatic heterocycles. The van der Waals surface area contributed by atoms with Crippen LogP contribution in [0.15, 0.2) is 76.0 Å². The standard InChI is InChI=1S/C16H16O2P.HI/c1-2-19(15-10-6-12-17-15,16-11-7-13-18-16)14-8-4-3-5-9-14;/h3-13H,2H2,1H3;1H/q+1;/p-1. The lowest BCUT2D eigenvalue weighted by Gasteiger charge is -2.20. The summed E-state index contributed by atoms with van der Waals surface area (Å²) in [5, 5.41) is 1.29. The highest BCUT2D eigenvalue weighted by atomic mass is 127. The fraction of sp³-hybridized carbons (Fsp3) is 0.125. The van der Waals surface area contributed by atoms with Crippen LogP contribution in [0.1, 0.15) is 6.92 Å². The first-order valence-electron chi connectivity index (χ1n) is 6.40. The molecule has 0 bridgehead atoms. The van der Waals surface area contributed by atoms with Crippen molar-refractivity contribution in [3.8, 4) is 0 Å². The molecule has 0 amide bonds. The molecule has 0 spiro atoms. The van der Waals surface area contributed by atoms with Gasteiger partial charge in [-0.25, -0.2) is 0 Å². The Labute approximate surface area is 136 Å².